The van der Waals surface area contributed by atoms with Crippen LogP contribution in [0.2, 0.25) is 0 Å². The molecule has 166 valence electrons. The van der Waals surface area contributed by atoms with Crippen molar-refractivity contribution in [3.63, 3.8) is 0 Å². The lowest BCUT2D eigenvalue weighted by molar-refractivity contribution is 0.350. The third kappa shape index (κ3) is 4.46. The molecule has 4 aromatic rings. The van der Waals surface area contributed by atoms with Crippen LogP contribution in [0.5, 0.6) is 5.06 Å². The summed E-state index contributed by atoms with van der Waals surface area (Å²) in [4.78, 5) is 5.82. The molecule has 0 amide bonds. The van der Waals surface area contributed by atoms with E-state index in [1.54, 1.807) is 11.3 Å². The van der Waals surface area contributed by atoms with Crippen molar-refractivity contribution in [2.75, 3.05) is 6.61 Å². The lowest BCUT2D eigenvalue weighted by atomic mass is 9.98. The van der Waals surface area contributed by atoms with Crippen LogP contribution in [0.1, 0.15) is 36.9 Å². The number of benzene rings is 3. The van der Waals surface area contributed by atoms with Gasteiger partial charge in [-0.05, 0) is 66.3 Å². The van der Waals surface area contributed by atoms with Crippen LogP contribution in [0, 0.1) is 11.6 Å². The van der Waals surface area contributed by atoms with Crippen LogP contribution in [0.3, 0.4) is 0 Å². The van der Waals surface area contributed by atoms with Crippen molar-refractivity contribution in [1.82, 2.24) is 0 Å². The fraction of sp³-hybridized carbons (Fsp3) is 0.179. The molecule has 0 aliphatic carbocycles. The summed E-state index contributed by atoms with van der Waals surface area (Å²) in [6, 6.07) is 24.7. The highest BCUT2D eigenvalue weighted by atomic mass is 32.1. The van der Waals surface area contributed by atoms with E-state index in [9.17, 15) is 8.78 Å². The summed E-state index contributed by atoms with van der Waals surface area (Å²) in [5.41, 5.74) is 5.00. The maximum Gasteiger partial charge on any atom is 0.174 e. The van der Waals surface area contributed by atoms with E-state index in [0.717, 1.165) is 28.2 Å². The van der Waals surface area contributed by atoms with Crippen molar-refractivity contribution in [3.8, 4) is 26.6 Å². The Kier molecular flexibility index (Phi) is 6.05. The molecule has 3 aromatic carbocycles. The predicted octanol–water partition coefficient (Wildman–Crippen LogP) is 8.08. The molecule has 0 saturated heterocycles. The third-order valence-corrected chi connectivity index (χ3v) is 6.93. The number of halogens is 2. The first-order valence-electron chi connectivity index (χ1n) is 11.1. The average molecular weight is 460 g/mol. The van der Waals surface area contributed by atoms with E-state index in [1.807, 2.05) is 13.0 Å². The summed E-state index contributed by atoms with van der Waals surface area (Å²) >= 11 is 1.65. The fourth-order valence-corrected chi connectivity index (χ4v) is 5.13. The monoisotopic (exact) mass is 459 g/mol. The molecule has 1 aromatic heterocycles. The maximum absolute atomic E-state index is 14.1. The van der Waals surface area contributed by atoms with Crippen molar-refractivity contribution in [1.29, 1.82) is 0 Å². The van der Waals surface area contributed by atoms with Crippen LogP contribution >= 0.6 is 11.3 Å². The molecule has 2 nitrogen and oxygen atoms in total. The van der Waals surface area contributed by atoms with Crippen LogP contribution in [-0.2, 0) is 0 Å². The molecular weight excluding hydrogens is 436 g/mol. The molecule has 5 heteroatoms. The molecule has 1 atom stereocenters. The minimum atomic E-state index is -0.551. The van der Waals surface area contributed by atoms with Gasteiger partial charge in [0.15, 0.2) is 5.06 Å². The summed E-state index contributed by atoms with van der Waals surface area (Å²) in [6.07, 6.45) is 1.32. The van der Waals surface area contributed by atoms with Crippen molar-refractivity contribution in [3.05, 3.63) is 102 Å². The van der Waals surface area contributed by atoms with Gasteiger partial charge in [-0.1, -0.05) is 65.9 Å². The minimum absolute atomic E-state index is 0.0100. The molecule has 0 radical (unpaired) electrons. The van der Waals surface area contributed by atoms with E-state index in [4.69, 9.17) is 4.74 Å². The molecule has 0 spiro atoms. The Morgan fingerprint density at radius 1 is 0.848 bits per heavy atom. The zero-order valence-electron chi connectivity index (χ0n) is 18.2. The molecule has 0 bridgehead atoms. The van der Waals surface area contributed by atoms with Gasteiger partial charge in [0.05, 0.1) is 18.2 Å². The molecular formula is C28H23F2NOS. The predicted molar refractivity (Wildman–Crippen MR) is 131 cm³/mol. The number of ether oxygens (including phenoxy) is 1. The summed E-state index contributed by atoms with van der Waals surface area (Å²) in [5, 5.41) is 0.933. The maximum atomic E-state index is 14.1. The van der Waals surface area contributed by atoms with Crippen molar-refractivity contribution < 1.29 is 13.5 Å². The van der Waals surface area contributed by atoms with Crippen molar-refractivity contribution in [2.24, 2.45) is 4.99 Å². The smallest absolute Gasteiger partial charge is 0.174 e. The number of thiophene rings is 1. The van der Waals surface area contributed by atoms with E-state index in [1.165, 1.54) is 28.6 Å². The quantitative estimate of drug-likeness (QED) is 0.286. The van der Waals surface area contributed by atoms with E-state index in [-0.39, 0.29) is 11.6 Å². The fourth-order valence-electron chi connectivity index (χ4n) is 4.21. The minimum Gasteiger partial charge on any atom is -0.484 e. The lowest BCUT2D eigenvalue weighted by Crippen LogP contribution is -2.03. The standard InChI is InChI=1S/C28H23F2NOS/c1-2-32-27-17-16-26(33-27)21-12-8-19(9-13-21)18-6-10-20(11-7-18)24-14-15-25(31-24)28-22(29)4-3-5-23(28)30/h3-13,16-17,24H,2,14-15H2,1H3. The first-order chi connectivity index (χ1) is 16.1. The topological polar surface area (TPSA) is 21.6 Å². The number of hydrogen-bond acceptors (Lipinski definition) is 3. The van der Waals surface area contributed by atoms with Crippen LogP contribution in [0.4, 0.5) is 8.78 Å². The van der Waals surface area contributed by atoms with Gasteiger partial charge in [-0.2, -0.15) is 0 Å². The van der Waals surface area contributed by atoms with Gasteiger partial charge in [-0.25, -0.2) is 8.78 Å². The van der Waals surface area contributed by atoms with Gasteiger partial charge >= 0.3 is 0 Å². The normalized spacial score (nSPS) is 15.5. The van der Waals surface area contributed by atoms with Crippen molar-refractivity contribution >= 4 is 17.0 Å². The van der Waals surface area contributed by atoms with Gasteiger partial charge in [0.1, 0.15) is 11.6 Å². The van der Waals surface area contributed by atoms with Gasteiger partial charge in [0.2, 0.25) is 0 Å². The van der Waals surface area contributed by atoms with Gasteiger partial charge < -0.3 is 4.74 Å². The van der Waals surface area contributed by atoms with Crippen LogP contribution in [0.25, 0.3) is 21.6 Å². The average Bonchev–Trinajstić information content (AvgIpc) is 3.50. The molecule has 1 aliphatic heterocycles. The zero-order chi connectivity index (χ0) is 22.8. The number of rotatable bonds is 6. The molecule has 0 N–H and O–H groups in total. The highest BCUT2D eigenvalue weighted by Gasteiger charge is 2.24. The molecule has 5 rings (SSSR count). The lowest BCUT2D eigenvalue weighted by Gasteiger charge is -2.09. The Morgan fingerprint density at radius 2 is 1.48 bits per heavy atom. The number of hydrogen-bond donors (Lipinski definition) is 0. The van der Waals surface area contributed by atoms with E-state index < -0.39 is 11.6 Å². The second-order valence-electron chi connectivity index (χ2n) is 7.98. The summed E-state index contributed by atoms with van der Waals surface area (Å²) < 4.78 is 33.8. The van der Waals surface area contributed by atoms with Gasteiger partial charge in [0.25, 0.3) is 0 Å². The van der Waals surface area contributed by atoms with Gasteiger partial charge in [0, 0.05) is 10.6 Å². The first-order valence-corrected chi connectivity index (χ1v) is 11.9. The van der Waals surface area contributed by atoms with Gasteiger partial charge in [-0.15, -0.1) is 0 Å². The van der Waals surface area contributed by atoms with Crippen LogP contribution in [0.15, 0.2) is 83.9 Å². The molecule has 2 heterocycles. The molecule has 0 saturated carbocycles. The Labute approximate surface area is 196 Å². The Bertz CT molecular complexity index is 1270. The number of nitrogens with zero attached hydrogens (tertiary/aromatic N) is 1. The molecule has 0 fully saturated rings. The van der Waals surface area contributed by atoms with Crippen LogP contribution in [-0.4, -0.2) is 12.3 Å². The zero-order valence-corrected chi connectivity index (χ0v) is 19.0. The molecule has 1 aliphatic rings. The van der Waals surface area contributed by atoms with Crippen LogP contribution < -0.4 is 4.74 Å². The Hall–Kier alpha value is -3.31. The van der Waals surface area contributed by atoms with Crippen molar-refractivity contribution in [2.45, 2.75) is 25.8 Å². The van der Waals surface area contributed by atoms with E-state index in [2.05, 4.69) is 59.6 Å². The molecule has 1 unspecified atom stereocenters. The Morgan fingerprint density at radius 3 is 2.15 bits per heavy atom. The highest BCUT2D eigenvalue weighted by molar-refractivity contribution is 7.17. The number of aliphatic imine (C=N–C) groups is 1. The Balaban J connectivity index is 1.32. The van der Waals surface area contributed by atoms with E-state index in [0.29, 0.717) is 18.7 Å². The first kappa shape index (κ1) is 21.5. The summed E-state index contributed by atoms with van der Waals surface area (Å²) in [7, 11) is 0. The van der Waals surface area contributed by atoms with E-state index >= 15 is 0 Å². The SMILES string of the molecule is CCOc1ccc(-c2ccc(-c3ccc(C4CCC(c5c(F)cccc5F)=N4)cc3)cc2)s1. The van der Waals surface area contributed by atoms with Gasteiger partial charge in [-0.3, -0.25) is 4.99 Å². The second kappa shape index (κ2) is 9.28. The largest absolute Gasteiger partial charge is 0.484 e. The summed E-state index contributed by atoms with van der Waals surface area (Å²) in [5.74, 6) is -1.10. The summed E-state index contributed by atoms with van der Waals surface area (Å²) in [6.45, 7) is 2.66. The molecule has 33 heavy (non-hydrogen) atoms. The second-order valence-corrected chi connectivity index (χ2v) is 9.02. The third-order valence-electron chi connectivity index (χ3n) is 5.88. The highest BCUT2D eigenvalue weighted by Crippen LogP contribution is 2.35.